The summed E-state index contributed by atoms with van der Waals surface area (Å²) < 4.78 is 4.91. The Morgan fingerprint density at radius 3 is 2.92 bits per heavy atom. The van der Waals surface area contributed by atoms with Crippen LogP contribution in [-0.2, 0) is 4.74 Å². The highest BCUT2D eigenvalue weighted by molar-refractivity contribution is 7.99. The molecule has 0 spiro atoms. The second-order valence-corrected chi connectivity index (χ2v) is 3.78. The topological polar surface area (TPSA) is 41.5 Å². The van der Waals surface area contributed by atoms with Crippen LogP contribution in [0.25, 0.3) is 0 Å². The Bertz CT molecular complexity index is 93.1. The van der Waals surface area contributed by atoms with Crippen molar-refractivity contribution in [2.45, 2.75) is 12.5 Å². The quantitative estimate of drug-likeness (QED) is 0.545. The third-order valence-electron chi connectivity index (χ3n) is 1.39. The Hall–Kier alpha value is 0.230. The largest absolute Gasteiger partial charge is 0.391 e. The zero-order valence-electron chi connectivity index (χ0n) is 7.88. The number of hydrogen-bond donors (Lipinski definition) is 2. The lowest BCUT2D eigenvalue weighted by Crippen LogP contribution is -2.25. The molecular weight excluding hydrogens is 174 g/mol. The van der Waals surface area contributed by atoms with Gasteiger partial charge in [0, 0.05) is 26.0 Å². The second kappa shape index (κ2) is 9.32. The van der Waals surface area contributed by atoms with Gasteiger partial charge in [-0.05, 0) is 19.2 Å². The Morgan fingerprint density at radius 1 is 1.58 bits per heavy atom. The predicted octanol–water partition coefficient (Wildman–Crippen LogP) is 0.336. The predicted molar refractivity (Wildman–Crippen MR) is 53.8 cm³/mol. The van der Waals surface area contributed by atoms with Gasteiger partial charge in [-0.1, -0.05) is 0 Å². The molecule has 1 unspecified atom stereocenters. The van der Waals surface area contributed by atoms with E-state index in [0.717, 1.165) is 24.5 Å². The first kappa shape index (κ1) is 12.2. The fraction of sp³-hybridized carbons (Fsp3) is 1.00. The first-order chi connectivity index (χ1) is 5.81. The molecule has 0 fully saturated rings. The first-order valence-corrected chi connectivity index (χ1v) is 5.36. The maximum Gasteiger partial charge on any atom is 0.0754 e. The van der Waals surface area contributed by atoms with E-state index >= 15 is 0 Å². The number of aliphatic hydroxyl groups excluding tert-OH is 1. The van der Waals surface area contributed by atoms with Crippen LogP contribution in [0.15, 0.2) is 0 Å². The van der Waals surface area contributed by atoms with Gasteiger partial charge in [-0.3, -0.25) is 0 Å². The van der Waals surface area contributed by atoms with Crippen molar-refractivity contribution in [2.75, 3.05) is 38.8 Å². The minimum atomic E-state index is -0.220. The fourth-order valence-electron chi connectivity index (χ4n) is 0.819. The summed E-state index contributed by atoms with van der Waals surface area (Å²) in [5.41, 5.74) is 0. The Morgan fingerprint density at radius 2 is 2.33 bits per heavy atom. The lowest BCUT2D eigenvalue weighted by Gasteiger charge is -2.08. The number of ether oxygens (including phenoxy) is 1. The van der Waals surface area contributed by atoms with E-state index < -0.39 is 0 Å². The van der Waals surface area contributed by atoms with Crippen LogP contribution in [0, 0.1) is 0 Å². The number of hydrogen-bond acceptors (Lipinski definition) is 4. The molecule has 0 aliphatic heterocycles. The summed E-state index contributed by atoms with van der Waals surface area (Å²) in [5, 5.41) is 12.2. The summed E-state index contributed by atoms with van der Waals surface area (Å²) in [4.78, 5) is 0. The van der Waals surface area contributed by atoms with Crippen LogP contribution in [0.3, 0.4) is 0 Å². The van der Waals surface area contributed by atoms with Gasteiger partial charge in [0.25, 0.3) is 0 Å². The molecule has 0 amide bonds. The fourth-order valence-corrected chi connectivity index (χ4v) is 1.70. The van der Waals surface area contributed by atoms with Gasteiger partial charge < -0.3 is 15.2 Å². The normalized spacial score (nSPS) is 13.2. The van der Waals surface area contributed by atoms with E-state index in [0.29, 0.717) is 6.54 Å². The molecule has 0 aliphatic rings. The van der Waals surface area contributed by atoms with Gasteiger partial charge in [0.1, 0.15) is 0 Å². The molecule has 0 heterocycles. The maximum absolute atomic E-state index is 9.29. The van der Waals surface area contributed by atoms with Gasteiger partial charge in [0.2, 0.25) is 0 Å². The van der Waals surface area contributed by atoms with E-state index in [1.54, 1.807) is 18.9 Å². The van der Waals surface area contributed by atoms with Gasteiger partial charge in [0.15, 0.2) is 0 Å². The van der Waals surface area contributed by atoms with Crippen LogP contribution in [0.2, 0.25) is 0 Å². The van der Waals surface area contributed by atoms with E-state index in [1.165, 1.54) is 0 Å². The first-order valence-electron chi connectivity index (χ1n) is 4.20. The van der Waals surface area contributed by atoms with Crippen molar-refractivity contribution in [1.29, 1.82) is 0 Å². The molecule has 0 bridgehead atoms. The highest BCUT2D eigenvalue weighted by atomic mass is 32.2. The van der Waals surface area contributed by atoms with Crippen LogP contribution in [0.4, 0.5) is 0 Å². The van der Waals surface area contributed by atoms with E-state index in [-0.39, 0.29) is 6.10 Å². The van der Waals surface area contributed by atoms with Crippen molar-refractivity contribution in [3.63, 3.8) is 0 Å². The molecule has 2 N–H and O–H groups in total. The van der Waals surface area contributed by atoms with Crippen molar-refractivity contribution < 1.29 is 9.84 Å². The third-order valence-corrected chi connectivity index (χ3v) is 2.58. The highest BCUT2D eigenvalue weighted by Gasteiger charge is 2.01. The van der Waals surface area contributed by atoms with Crippen LogP contribution in [0.5, 0.6) is 0 Å². The van der Waals surface area contributed by atoms with Gasteiger partial charge in [-0.25, -0.2) is 0 Å². The molecule has 0 aromatic rings. The lowest BCUT2D eigenvalue weighted by molar-refractivity contribution is 0.197. The molecule has 3 nitrogen and oxygen atoms in total. The third kappa shape index (κ3) is 8.33. The minimum absolute atomic E-state index is 0.220. The molecule has 12 heavy (non-hydrogen) atoms. The van der Waals surface area contributed by atoms with Gasteiger partial charge in [-0.15, -0.1) is 0 Å². The average molecular weight is 193 g/mol. The maximum atomic E-state index is 9.29. The Balaban J connectivity index is 2.97. The zero-order chi connectivity index (χ0) is 9.23. The van der Waals surface area contributed by atoms with Crippen LogP contribution in [0.1, 0.15) is 6.42 Å². The van der Waals surface area contributed by atoms with Crippen LogP contribution in [-0.4, -0.2) is 50.0 Å². The van der Waals surface area contributed by atoms with Gasteiger partial charge >= 0.3 is 0 Å². The number of nitrogens with one attached hydrogen (secondary N) is 1. The van der Waals surface area contributed by atoms with E-state index in [2.05, 4.69) is 5.32 Å². The van der Waals surface area contributed by atoms with Crippen molar-refractivity contribution in [2.24, 2.45) is 0 Å². The van der Waals surface area contributed by atoms with E-state index in [1.807, 2.05) is 7.05 Å². The molecule has 0 aromatic carbocycles. The zero-order valence-corrected chi connectivity index (χ0v) is 8.69. The Kier molecular flexibility index (Phi) is 9.50. The summed E-state index contributed by atoms with van der Waals surface area (Å²) in [5.74, 6) is 1.87. The second-order valence-electron chi connectivity index (χ2n) is 2.63. The van der Waals surface area contributed by atoms with Crippen molar-refractivity contribution >= 4 is 11.8 Å². The molecule has 4 heteroatoms. The molecule has 1 atom stereocenters. The average Bonchev–Trinajstić information content (AvgIpc) is 2.05. The molecule has 0 saturated heterocycles. The van der Waals surface area contributed by atoms with E-state index in [4.69, 9.17) is 4.74 Å². The molecule has 0 radical (unpaired) electrons. The lowest BCUT2D eigenvalue weighted by atomic mass is 10.4. The molecular formula is C8H19NO2S. The number of rotatable bonds is 8. The van der Waals surface area contributed by atoms with Crippen molar-refractivity contribution in [3.8, 4) is 0 Å². The molecule has 0 saturated carbocycles. The highest BCUT2D eigenvalue weighted by Crippen LogP contribution is 2.04. The number of aliphatic hydroxyl groups is 1. The number of likely N-dealkylation sites (N-methyl/N-ethyl adjacent to an activating group) is 1. The van der Waals surface area contributed by atoms with Gasteiger partial charge in [0.05, 0.1) is 6.10 Å². The standard InChI is InChI=1S/C8H19NO2S/c1-9-6-8(10)7-12-5-3-4-11-2/h8-10H,3-7H2,1-2H3. The summed E-state index contributed by atoms with van der Waals surface area (Å²) >= 11 is 1.77. The van der Waals surface area contributed by atoms with Crippen molar-refractivity contribution in [3.05, 3.63) is 0 Å². The monoisotopic (exact) mass is 193 g/mol. The van der Waals surface area contributed by atoms with Crippen LogP contribution >= 0.6 is 11.8 Å². The number of methoxy groups -OCH3 is 1. The SMILES string of the molecule is CNCC(O)CSCCCOC. The molecule has 0 aliphatic carbocycles. The number of thioether (sulfide) groups is 1. The molecule has 0 aromatic heterocycles. The van der Waals surface area contributed by atoms with Crippen LogP contribution < -0.4 is 5.32 Å². The molecule has 0 rings (SSSR count). The van der Waals surface area contributed by atoms with Crippen molar-refractivity contribution in [1.82, 2.24) is 5.32 Å². The summed E-state index contributed by atoms with van der Waals surface area (Å²) in [6.07, 6.45) is 0.843. The summed E-state index contributed by atoms with van der Waals surface area (Å²) in [6, 6.07) is 0. The summed E-state index contributed by atoms with van der Waals surface area (Å²) in [7, 11) is 3.55. The summed E-state index contributed by atoms with van der Waals surface area (Å²) in [6.45, 7) is 1.49. The molecule has 74 valence electrons. The minimum Gasteiger partial charge on any atom is -0.391 e. The van der Waals surface area contributed by atoms with Gasteiger partial charge in [-0.2, -0.15) is 11.8 Å². The Labute approximate surface area is 78.9 Å². The smallest absolute Gasteiger partial charge is 0.0754 e. The van der Waals surface area contributed by atoms with E-state index in [9.17, 15) is 5.11 Å².